The summed E-state index contributed by atoms with van der Waals surface area (Å²) >= 11 is 4.50. The average molecular weight is 183 g/mol. The van der Waals surface area contributed by atoms with E-state index in [1.165, 1.54) is 16.8 Å². The Morgan fingerprint density at radius 3 is 2.00 bits per heavy atom. The summed E-state index contributed by atoms with van der Waals surface area (Å²) in [6.07, 6.45) is 2.20. The van der Waals surface area contributed by atoms with Gasteiger partial charge in [0, 0.05) is 12.7 Å². The summed E-state index contributed by atoms with van der Waals surface area (Å²) in [6, 6.07) is 0. The molecule has 1 heterocycles. The van der Waals surface area contributed by atoms with Crippen molar-refractivity contribution in [1.29, 1.82) is 0 Å². The van der Waals surface area contributed by atoms with Crippen LogP contribution in [0, 0.1) is 6.92 Å². The summed E-state index contributed by atoms with van der Waals surface area (Å²) in [5.41, 5.74) is 4.25. The molecule has 0 aliphatic carbocycles. The Morgan fingerprint density at radius 1 is 1.17 bits per heavy atom. The van der Waals surface area contributed by atoms with Crippen LogP contribution in [-0.4, -0.2) is 4.57 Å². The third kappa shape index (κ3) is 1.28. The lowest BCUT2D eigenvalue weighted by Gasteiger charge is -1.98. The second-order valence-corrected chi connectivity index (χ2v) is 3.56. The van der Waals surface area contributed by atoms with Gasteiger partial charge in [0.05, 0.1) is 5.03 Å². The Bertz CT molecular complexity index is 259. The van der Waals surface area contributed by atoms with Gasteiger partial charge in [-0.05, 0) is 30.9 Å². The standard InChI is InChI=1S/C10H17NS/c1-5-8-7(3)11(4)10(12)9(8)6-2/h12H,5-6H2,1-4H3. The SMILES string of the molecule is CCc1c(CC)c(S)n(C)c1C. The summed E-state index contributed by atoms with van der Waals surface area (Å²) < 4.78 is 2.17. The van der Waals surface area contributed by atoms with Gasteiger partial charge in [0.25, 0.3) is 0 Å². The minimum atomic E-state index is 1.09. The molecule has 0 spiro atoms. The summed E-state index contributed by atoms with van der Waals surface area (Å²) in [4.78, 5) is 0. The predicted octanol–water partition coefficient (Wildman–Crippen LogP) is 2.75. The van der Waals surface area contributed by atoms with Crippen LogP contribution in [-0.2, 0) is 19.9 Å². The topological polar surface area (TPSA) is 4.93 Å². The van der Waals surface area contributed by atoms with Crippen molar-refractivity contribution in [2.45, 2.75) is 38.6 Å². The fraction of sp³-hybridized carbons (Fsp3) is 0.600. The Labute approximate surface area is 80.2 Å². The second-order valence-electron chi connectivity index (χ2n) is 3.13. The van der Waals surface area contributed by atoms with Gasteiger partial charge in [0.2, 0.25) is 0 Å². The fourth-order valence-electron chi connectivity index (χ4n) is 1.76. The largest absolute Gasteiger partial charge is 0.343 e. The molecule has 0 atom stereocenters. The molecule has 0 aliphatic heterocycles. The number of nitrogens with zero attached hydrogens (tertiary/aromatic N) is 1. The Balaban J connectivity index is 3.34. The minimum absolute atomic E-state index is 1.09. The van der Waals surface area contributed by atoms with E-state index in [9.17, 15) is 0 Å². The monoisotopic (exact) mass is 183 g/mol. The van der Waals surface area contributed by atoms with Gasteiger partial charge in [-0.1, -0.05) is 13.8 Å². The van der Waals surface area contributed by atoms with E-state index in [-0.39, 0.29) is 0 Å². The molecule has 1 aromatic rings. The van der Waals surface area contributed by atoms with E-state index >= 15 is 0 Å². The molecule has 0 saturated carbocycles. The molecule has 0 fully saturated rings. The van der Waals surface area contributed by atoms with Crippen molar-refractivity contribution in [1.82, 2.24) is 4.57 Å². The summed E-state index contributed by atoms with van der Waals surface area (Å²) in [5.74, 6) is 0. The van der Waals surface area contributed by atoms with E-state index in [2.05, 4.69) is 45.0 Å². The molecule has 0 radical (unpaired) electrons. The zero-order valence-corrected chi connectivity index (χ0v) is 9.20. The average Bonchev–Trinajstić information content (AvgIpc) is 2.29. The second kappa shape index (κ2) is 3.56. The van der Waals surface area contributed by atoms with Crippen LogP contribution in [0.5, 0.6) is 0 Å². The highest BCUT2D eigenvalue weighted by Crippen LogP contribution is 2.25. The summed E-state index contributed by atoms with van der Waals surface area (Å²) in [6.45, 7) is 6.56. The third-order valence-electron chi connectivity index (χ3n) is 2.60. The summed E-state index contributed by atoms with van der Waals surface area (Å²) in [7, 11) is 2.08. The quantitative estimate of drug-likeness (QED) is 0.673. The number of hydrogen-bond donors (Lipinski definition) is 1. The molecule has 0 aromatic carbocycles. The van der Waals surface area contributed by atoms with E-state index in [1.54, 1.807) is 0 Å². The fourth-order valence-corrected chi connectivity index (χ4v) is 2.20. The maximum absolute atomic E-state index is 4.50. The number of aromatic nitrogens is 1. The van der Waals surface area contributed by atoms with Crippen LogP contribution in [0.2, 0.25) is 0 Å². The number of hydrogen-bond acceptors (Lipinski definition) is 1. The van der Waals surface area contributed by atoms with Crippen molar-refractivity contribution >= 4 is 12.6 Å². The molecule has 1 aromatic heterocycles. The highest BCUT2D eigenvalue weighted by Gasteiger charge is 2.12. The predicted molar refractivity (Wildman–Crippen MR) is 56.2 cm³/mol. The highest BCUT2D eigenvalue weighted by molar-refractivity contribution is 7.80. The van der Waals surface area contributed by atoms with E-state index in [0.29, 0.717) is 0 Å². The van der Waals surface area contributed by atoms with Gasteiger partial charge < -0.3 is 4.57 Å². The van der Waals surface area contributed by atoms with Gasteiger partial charge in [-0.25, -0.2) is 0 Å². The van der Waals surface area contributed by atoms with Crippen LogP contribution in [0.3, 0.4) is 0 Å². The van der Waals surface area contributed by atoms with E-state index in [4.69, 9.17) is 0 Å². The van der Waals surface area contributed by atoms with Gasteiger partial charge in [-0.2, -0.15) is 0 Å². The van der Waals surface area contributed by atoms with E-state index in [1.807, 2.05) is 0 Å². The molecule has 1 nitrogen and oxygen atoms in total. The van der Waals surface area contributed by atoms with Crippen LogP contribution >= 0.6 is 12.6 Å². The lowest BCUT2D eigenvalue weighted by atomic mass is 10.1. The molecular weight excluding hydrogens is 166 g/mol. The molecule has 0 unspecified atom stereocenters. The van der Waals surface area contributed by atoms with Crippen LogP contribution in [0.1, 0.15) is 30.7 Å². The van der Waals surface area contributed by atoms with Gasteiger partial charge in [0.15, 0.2) is 0 Å². The van der Waals surface area contributed by atoms with Crippen molar-refractivity contribution in [3.63, 3.8) is 0 Å². The first-order valence-corrected chi connectivity index (χ1v) is 4.94. The molecule has 1 rings (SSSR count). The molecule has 2 heteroatoms. The van der Waals surface area contributed by atoms with Crippen molar-refractivity contribution < 1.29 is 0 Å². The molecule has 0 amide bonds. The zero-order valence-electron chi connectivity index (χ0n) is 8.31. The van der Waals surface area contributed by atoms with Crippen LogP contribution in [0.25, 0.3) is 0 Å². The van der Waals surface area contributed by atoms with E-state index < -0.39 is 0 Å². The first kappa shape index (κ1) is 9.72. The van der Waals surface area contributed by atoms with Crippen LogP contribution in [0.4, 0.5) is 0 Å². The lowest BCUT2D eigenvalue weighted by Crippen LogP contribution is -1.91. The first-order chi connectivity index (χ1) is 5.63. The van der Waals surface area contributed by atoms with Gasteiger partial charge in [-0.15, -0.1) is 12.6 Å². The van der Waals surface area contributed by atoms with Crippen LogP contribution < -0.4 is 0 Å². The molecule has 12 heavy (non-hydrogen) atoms. The zero-order chi connectivity index (χ0) is 9.30. The Kier molecular flexibility index (Phi) is 2.89. The minimum Gasteiger partial charge on any atom is -0.343 e. The highest BCUT2D eigenvalue weighted by atomic mass is 32.1. The van der Waals surface area contributed by atoms with Gasteiger partial charge in [0.1, 0.15) is 0 Å². The lowest BCUT2D eigenvalue weighted by molar-refractivity contribution is 0.784. The molecular formula is C10H17NS. The Hall–Kier alpha value is -0.370. The normalized spacial score (nSPS) is 10.8. The number of rotatable bonds is 2. The maximum atomic E-state index is 4.50. The molecule has 0 N–H and O–H groups in total. The van der Waals surface area contributed by atoms with Crippen molar-refractivity contribution in [3.05, 3.63) is 16.8 Å². The Morgan fingerprint density at radius 2 is 1.67 bits per heavy atom. The van der Waals surface area contributed by atoms with Gasteiger partial charge >= 0.3 is 0 Å². The van der Waals surface area contributed by atoms with Gasteiger partial charge in [-0.3, -0.25) is 0 Å². The van der Waals surface area contributed by atoms with E-state index in [0.717, 1.165) is 17.9 Å². The number of thiol groups is 1. The molecule has 0 bridgehead atoms. The molecule has 0 saturated heterocycles. The van der Waals surface area contributed by atoms with Crippen LogP contribution in [0.15, 0.2) is 5.03 Å². The van der Waals surface area contributed by atoms with Crippen molar-refractivity contribution in [3.8, 4) is 0 Å². The summed E-state index contributed by atoms with van der Waals surface area (Å²) in [5, 5.41) is 1.13. The third-order valence-corrected chi connectivity index (χ3v) is 3.17. The van der Waals surface area contributed by atoms with Crippen molar-refractivity contribution in [2.75, 3.05) is 0 Å². The first-order valence-electron chi connectivity index (χ1n) is 4.49. The molecule has 68 valence electrons. The smallest absolute Gasteiger partial charge is 0.0751 e. The van der Waals surface area contributed by atoms with Crippen molar-refractivity contribution in [2.24, 2.45) is 7.05 Å². The maximum Gasteiger partial charge on any atom is 0.0751 e. The molecule has 0 aliphatic rings.